The van der Waals surface area contributed by atoms with E-state index in [9.17, 15) is 9.59 Å². The SMILES string of the molecule is CC1=NN(CCN2CCCCC2)c2nc3c(c(=O)n(CC(C)C)c(=O)n3C)n2C1. The van der Waals surface area contributed by atoms with Crippen LogP contribution in [-0.2, 0) is 20.1 Å². The first kappa shape index (κ1) is 19.9. The van der Waals surface area contributed by atoms with Crippen molar-refractivity contribution in [1.29, 1.82) is 0 Å². The lowest BCUT2D eigenvalue weighted by molar-refractivity contribution is 0.233. The van der Waals surface area contributed by atoms with Crippen LogP contribution < -0.4 is 16.3 Å². The molecule has 0 amide bonds. The van der Waals surface area contributed by atoms with E-state index in [1.807, 2.05) is 30.3 Å². The number of hydrazone groups is 1. The minimum atomic E-state index is -0.316. The number of piperidine rings is 1. The Hall–Kier alpha value is -2.42. The van der Waals surface area contributed by atoms with Crippen molar-refractivity contribution in [3.8, 4) is 0 Å². The highest BCUT2D eigenvalue weighted by atomic mass is 16.2. The molecule has 1 fully saturated rings. The second kappa shape index (κ2) is 7.78. The van der Waals surface area contributed by atoms with Gasteiger partial charge in [-0.05, 0) is 38.8 Å². The Morgan fingerprint density at radius 3 is 2.48 bits per heavy atom. The van der Waals surface area contributed by atoms with E-state index < -0.39 is 0 Å². The highest BCUT2D eigenvalue weighted by Crippen LogP contribution is 2.23. The van der Waals surface area contributed by atoms with Gasteiger partial charge in [-0.1, -0.05) is 20.3 Å². The van der Waals surface area contributed by atoms with Gasteiger partial charge in [0.15, 0.2) is 11.2 Å². The van der Waals surface area contributed by atoms with Crippen molar-refractivity contribution in [2.24, 2.45) is 18.1 Å². The molecule has 0 aromatic carbocycles. The third kappa shape index (κ3) is 3.63. The van der Waals surface area contributed by atoms with E-state index in [1.165, 1.54) is 28.4 Å². The third-order valence-electron chi connectivity index (χ3n) is 5.75. The van der Waals surface area contributed by atoms with Gasteiger partial charge in [0.2, 0.25) is 5.95 Å². The number of hydrogen-bond acceptors (Lipinski definition) is 6. The fourth-order valence-electron chi connectivity index (χ4n) is 4.31. The molecule has 158 valence electrons. The van der Waals surface area contributed by atoms with Gasteiger partial charge in [0.05, 0.1) is 18.8 Å². The number of imidazole rings is 1. The summed E-state index contributed by atoms with van der Waals surface area (Å²) in [4.78, 5) is 33.1. The zero-order valence-electron chi connectivity index (χ0n) is 17.9. The van der Waals surface area contributed by atoms with Crippen LogP contribution in [0.1, 0.15) is 40.0 Å². The summed E-state index contributed by atoms with van der Waals surface area (Å²) < 4.78 is 4.75. The minimum Gasteiger partial charge on any atom is -0.301 e. The highest BCUT2D eigenvalue weighted by molar-refractivity contribution is 5.87. The maximum Gasteiger partial charge on any atom is 0.332 e. The average Bonchev–Trinajstić information content (AvgIpc) is 3.08. The summed E-state index contributed by atoms with van der Waals surface area (Å²) in [6, 6.07) is 0. The summed E-state index contributed by atoms with van der Waals surface area (Å²) in [6.07, 6.45) is 3.81. The molecule has 0 aliphatic carbocycles. The van der Waals surface area contributed by atoms with Crippen LogP contribution >= 0.6 is 0 Å². The van der Waals surface area contributed by atoms with Crippen LogP contribution in [-0.4, -0.2) is 55.5 Å². The van der Waals surface area contributed by atoms with Crippen molar-refractivity contribution < 1.29 is 0 Å². The fourth-order valence-corrected chi connectivity index (χ4v) is 4.31. The van der Waals surface area contributed by atoms with Crippen LogP contribution in [0.25, 0.3) is 11.2 Å². The number of aromatic nitrogens is 4. The molecule has 2 aromatic rings. The maximum absolute atomic E-state index is 13.2. The predicted octanol–water partition coefficient (Wildman–Crippen LogP) is 1.23. The number of rotatable bonds is 5. The van der Waals surface area contributed by atoms with Crippen molar-refractivity contribution in [3.05, 3.63) is 20.8 Å². The van der Waals surface area contributed by atoms with E-state index in [1.54, 1.807) is 7.05 Å². The number of likely N-dealkylation sites (tertiary alicyclic amines) is 1. The monoisotopic (exact) mass is 401 g/mol. The average molecular weight is 402 g/mol. The molecule has 1 saturated heterocycles. The van der Waals surface area contributed by atoms with E-state index in [-0.39, 0.29) is 17.2 Å². The quantitative estimate of drug-likeness (QED) is 0.753. The lowest BCUT2D eigenvalue weighted by Gasteiger charge is -2.30. The smallest absolute Gasteiger partial charge is 0.301 e. The van der Waals surface area contributed by atoms with Gasteiger partial charge >= 0.3 is 5.69 Å². The molecule has 0 saturated carbocycles. The normalized spacial score (nSPS) is 17.8. The van der Waals surface area contributed by atoms with Crippen molar-refractivity contribution in [2.45, 2.75) is 53.1 Å². The standard InChI is InChI=1S/C20H31N7O2/c1-14(2)12-26-18(28)16-17(23(4)20(26)29)21-19-25(16)13-15(3)22-27(19)11-10-24-8-6-5-7-9-24/h14H,5-13H2,1-4H3. The molecule has 2 aliphatic rings. The first-order valence-corrected chi connectivity index (χ1v) is 10.6. The largest absolute Gasteiger partial charge is 0.332 e. The number of aryl methyl sites for hydroxylation is 1. The Labute approximate surface area is 170 Å². The Morgan fingerprint density at radius 2 is 1.79 bits per heavy atom. The summed E-state index contributed by atoms with van der Waals surface area (Å²) in [5.74, 6) is 0.850. The number of hydrogen-bond donors (Lipinski definition) is 0. The molecule has 9 heteroatoms. The van der Waals surface area contributed by atoms with E-state index in [2.05, 4.69) is 9.88 Å². The van der Waals surface area contributed by atoms with Gasteiger partial charge in [-0.3, -0.25) is 18.5 Å². The molecule has 0 N–H and O–H groups in total. The van der Waals surface area contributed by atoms with Crippen LogP contribution in [0.15, 0.2) is 14.7 Å². The number of fused-ring (bicyclic) bond motifs is 3. The summed E-state index contributed by atoms with van der Waals surface area (Å²) in [6.45, 7) is 10.8. The van der Waals surface area contributed by atoms with Crippen LogP contribution in [0, 0.1) is 5.92 Å². The van der Waals surface area contributed by atoms with Crippen molar-refractivity contribution in [2.75, 3.05) is 31.2 Å². The van der Waals surface area contributed by atoms with Crippen LogP contribution in [0.4, 0.5) is 5.95 Å². The Bertz CT molecular complexity index is 1050. The molecule has 29 heavy (non-hydrogen) atoms. The molecule has 0 spiro atoms. The third-order valence-corrected chi connectivity index (χ3v) is 5.75. The van der Waals surface area contributed by atoms with E-state index in [0.29, 0.717) is 30.2 Å². The molecule has 0 bridgehead atoms. The van der Waals surface area contributed by atoms with Crippen LogP contribution in [0.2, 0.25) is 0 Å². The van der Waals surface area contributed by atoms with E-state index >= 15 is 0 Å². The predicted molar refractivity (Wildman–Crippen MR) is 115 cm³/mol. The van der Waals surface area contributed by atoms with Gasteiger partial charge in [-0.15, -0.1) is 0 Å². The Kier molecular flexibility index (Phi) is 5.33. The molecule has 4 heterocycles. The van der Waals surface area contributed by atoms with Gasteiger partial charge in [0.1, 0.15) is 0 Å². The van der Waals surface area contributed by atoms with Gasteiger partial charge in [0, 0.05) is 20.1 Å². The van der Waals surface area contributed by atoms with Crippen molar-refractivity contribution >= 4 is 22.8 Å². The number of nitrogens with zero attached hydrogens (tertiary/aromatic N) is 7. The lowest BCUT2D eigenvalue weighted by Crippen LogP contribution is -2.41. The van der Waals surface area contributed by atoms with Gasteiger partial charge < -0.3 is 4.90 Å². The zero-order valence-corrected chi connectivity index (χ0v) is 17.9. The first-order valence-electron chi connectivity index (χ1n) is 10.6. The molecule has 0 radical (unpaired) electrons. The molecule has 2 aliphatic heterocycles. The van der Waals surface area contributed by atoms with Gasteiger partial charge in [-0.25, -0.2) is 9.80 Å². The van der Waals surface area contributed by atoms with Gasteiger partial charge in [-0.2, -0.15) is 10.1 Å². The minimum absolute atomic E-state index is 0.200. The molecule has 0 atom stereocenters. The zero-order chi connectivity index (χ0) is 20.7. The molecule has 4 rings (SSSR count). The second-order valence-corrected chi connectivity index (χ2v) is 8.68. The highest BCUT2D eigenvalue weighted by Gasteiger charge is 2.27. The summed E-state index contributed by atoms with van der Waals surface area (Å²) in [7, 11) is 1.69. The molecule has 2 aromatic heterocycles. The Balaban J connectivity index is 1.75. The Morgan fingerprint density at radius 1 is 1.07 bits per heavy atom. The summed E-state index contributed by atoms with van der Waals surface area (Å²) in [5, 5.41) is 6.59. The number of anilines is 1. The van der Waals surface area contributed by atoms with Gasteiger partial charge in [0.25, 0.3) is 5.56 Å². The topological polar surface area (TPSA) is 80.7 Å². The lowest BCUT2D eigenvalue weighted by atomic mass is 10.1. The van der Waals surface area contributed by atoms with Crippen LogP contribution in [0.3, 0.4) is 0 Å². The molecular formula is C20H31N7O2. The molecule has 0 unspecified atom stereocenters. The first-order chi connectivity index (χ1) is 13.9. The summed E-state index contributed by atoms with van der Waals surface area (Å²) in [5.41, 5.74) is 1.27. The van der Waals surface area contributed by atoms with E-state index in [0.717, 1.165) is 31.9 Å². The van der Waals surface area contributed by atoms with Crippen molar-refractivity contribution in [1.82, 2.24) is 23.6 Å². The fraction of sp³-hybridized carbons (Fsp3) is 0.700. The molecular weight excluding hydrogens is 370 g/mol. The van der Waals surface area contributed by atoms with E-state index in [4.69, 9.17) is 5.10 Å². The maximum atomic E-state index is 13.2. The van der Waals surface area contributed by atoms with Crippen LogP contribution in [0.5, 0.6) is 0 Å². The second-order valence-electron chi connectivity index (χ2n) is 8.68. The summed E-state index contributed by atoms with van der Waals surface area (Å²) >= 11 is 0. The van der Waals surface area contributed by atoms with Crippen molar-refractivity contribution in [3.63, 3.8) is 0 Å². The molecule has 9 nitrogen and oxygen atoms in total.